The third-order valence-electron chi connectivity index (χ3n) is 4.37. The molecule has 0 spiro atoms. The summed E-state index contributed by atoms with van der Waals surface area (Å²) >= 11 is 0. The van der Waals surface area contributed by atoms with Gasteiger partial charge >= 0.3 is 6.03 Å². The van der Waals surface area contributed by atoms with Gasteiger partial charge in [0.1, 0.15) is 12.3 Å². The number of nitrogens with zero attached hydrogens (tertiary/aromatic N) is 4. The normalized spacial score (nSPS) is 14.5. The van der Waals surface area contributed by atoms with Crippen molar-refractivity contribution in [3.8, 4) is 5.75 Å². The summed E-state index contributed by atoms with van der Waals surface area (Å²) in [6, 6.07) is 7.36. The molecular weight excluding hydrogens is 334 g/mol. The molecular formula is C18H23N5O3. The Bertz CT molecular complexity index is 817. The molecule has 3 amide bonds. The second-order valence-corrected chi connectivity index (χ2v) is 6.32. The van der Waals surface area contributed by atoms with Crippen LogP contribution in [-0.2, 0) is 18.4 Å². The minimum Gasteiger partial charge on any atom is -0.497 e. The molecule has 3 rings (SSSR count). The van der Waals surface area contributed by atoms with E-state index in [0.717, 1.165) is 17.0 Å². The fourth-order valence-electron chi connectivity index (χ4n) is 2.96. The predicted molar refractivity (Wildman–Crippen MR) is 96.9 cm³/mol. The Morgan fingerprint density at radius 1 is 1.35 bits per heavy atom. The number of hydrogen-bond donors (Lipinski definition) is 1. The Balaban J connectivity index is 1.58. The molecule has 0 aliphatic carbocycles. The van der Waals surface area contributed by atoms with Gasteiger partial charge in [0.05, 0.1) is 18.5 Å². The maximum Gasteiger partial charge on any atom is 0.322 e. The summed E-state index contributed by atoms with van der Waals surface area (Å²) < 4.78 is 6.86. The molecule has 0 radical (unpaired) electrons. The molecule has 0 unspecified atom stereocenters. The lowest BCUT2D eigenvalue weighted by molar-refractivity contribution is -0.135. The van der Waals surface area contributed by atoms with Gasteiger partial charge in [-0.2, -0.15) is 5.10 Å². The first kappa shape index (κ1) is 17.8. The van der Waals surface area contributed by atoms with Crippen molar-refractivity contribution in [1.82, 2.24) is 19.6 Å². The van der Waals surface area contributed by atoms with Crippen LogP contribution in [0, 0.1) is 6.92 Å². The number of aryl methyl sites for hydroxylation is 2. The number of rotatable bonds is 4. The molecule has 0 saturated carbocycles. The van der Waals surface area contributed by atoms with Crippen LogP contribution in [0.15, 0.2) is 30.5 Å². The number of urea groups is 1. The number of nitrogens with one attached hydrogen (secondary N) is 1. The highest BCUT2D eigenvalue weighted by molar-refractivity contribution is 5.93. The SMILES string of the molecule is COc1cccc(CN2CCN(C(=O)Nc3cn(C)nc3C)CC2=O)c1. The first-order chi connectivity index (χ1) is 12.5. The van der Waals surface area contributed by atoms with Gasteiger partial charge in [-0.1, -0.05) is 12.1 Å². The number of ether oxygens (including phenoxy) is 1. The quantitative estimate of drug-likeness (QED) is 0.902. The molecule has 1 aromatic heterocycles. The fraction of sp³-hybridized carbons (Fsp3) is 0.389. The molecule has 8 heteroatoms. The number of piperazine rings is 1. The Labute approximate surface area is 152 Å². The topological polar surface area (TPSA) is 79.7 Å². The van der Waals surface area contributed by atoms with Crippen LogP contribution in [0.3, 0.4) is 0 Å². The second kappa shape index (κ2) is 7.47. The molecule has 1 N–H and O–H groups in total. The van der Waals surface area contributed by atoms with E-state index in [9.17, 15) is 9.59 Å². The maximum absolute atomic E-state index is 12.4. The van der Waals surface area contributed by atoms with E-state index in [1.807, 2.05) is 31.2 Å². The summed E-state index contributed by atoms with van der Waals surface area (Å²) in [5, 5.41) is 7.01. The average molecular weight is 357 g/mol. The highest BCUT2D eigenvalue weighted by Crippen LogP contribution is 2.17. The zero-order valence-corrected chi connectivity index (χ0v) is 15.2. The number of carbonyl (C=O) groups is 2. The number of methoxy groups -OCH3 is 1. The van der Waals surface area contributed by atoms with Gasteiger partial charge in [-0.3, -0.25) is 9.48 Å². The molecule has 8 nitrogen and oxygen atoms in total. The molecule has 0 bridgehead atoms. The van der Waals surface area contributed by atoms with Gasteiger partial charge in [-0.15, -0.1) is 0 Å². The van der Waals surface area contributed by atoms with Crippen LogP contribution in [0.5, 0.6) is 5.75 Å². The zero-order valence-electron chi connectivity index (χ0n) is 15.2. The van der Waals surface area contributed by atoms with E-state index in [-0.39, 0.29) is 18.5 Å². The van der Waals surface area contributed by atoms with Gasteiger partial charge in [0, 0.05) is 32.9 Å². The highest BCUT2D eigenvalue weighted by Gasteiger charge is 2.27. The van der Waals surface area contributed by atoms with E-state index in [0.29, 0.717) is 25.3 Å². The van der Waals surface area contributed by atoms with Crippen LogP contribution in [0.25, 0.3) is 0 Å². The standard InChI is InChI=1S/C18H23N5O3/c1-13-16(11-21(2)20-13)19-18(25)23-8-7-22(17(24)12-23)10-14-5-4-6-15(9-14)26-3/h4-6,9,11H,7-8,10,12H2,1-3H3,(H,19,25). The minimum atomic E-state index is -0.282. The smallest absolute Gasteiger partial charge is 0.322 e. The maximum atomic E-state index is 12.4. The third kappa shape index (κ3) is 3.96. The number of benzene rings is 1. The first-order valence-electron chi connectivity index (χ1n) is 8.43. The van der Waals surface area contributed by atoms with Crippen LogP contribution in [0.4, 0.5) is 10.5 Å². The highest BCUT2D eigenvalue weighted by atomic mass is 16.5. The lowest BCUT2D eigenvalue weighted by Gasteiger charge is -2.34. The molecule has 1 saturated heterocycles. The monoisotopic (exact) mass is 357 g/mol. The molecule has 0 atom stereocenters. The molecule has 1 aliphatic heterocycles. The Morgan fingerprint density at radius 3 is 2.81 bits per heavy atom. The molecule has 138 valence electrons. The van der Waals surface area contributed by atoms with E-state index in [1.165, 1.54) is 4.90 Å². The van der Waals surface area contributed by atoms with Crippen molar-refractivity contribution in [1.29, 1.82) is 0 Å². The number of anilines is 1. The van der Waals surface area contributed by atoms with E-state index < -0.39 is 0 Å². The van der Waals surface area contributed by atoms with Crippen molar-refractivity contribution in [2.75, 3.05) is 32.1 Å². The van der Waals surface area contributed by atoms with Crippen LogP contribution >= 0.6 is 0 Å². The van der Waals surface area contributed by atoms with E-state index in [1.54, 1.807) is 29.9 Å². The summed E-state index contributed by atoms with van der Waals surface area (Å²) in [5.41, 5.74) is 2.40. The number of aromatic nitrogens is 2. The van der Waals surface area contributed by atoms with Crippen molar-refractivity contribution in [2.45, 2.75) is 13.5 Å². The van der Waals surface area contributed by atoms with Crippen LogP contribution in [-0.4, -0.2) is 58.3 Å². The molecule has 2 aromatic rings. The molecule has 2 heterocycles. The Kier molecular flexibility index (Phi) is 5.11. The van der Waals surface area contributed by atoms with Crippen LogP contribution in [0.2, 0.25) is 0 Å². The van der Waals surface area contributed by atoms with Gasteiger partial charge in [0.15, 0.2) is 0 Å². The molecule has 1 aliphatic rings. The second-order valence-electron chi connectivity index (χ2n) is 6.32. The van der Waals surface area contributed by atoms with Gasteiger partial charge in [-0.05, 0) is 24.6 Å². The van der Waals surface area contributed by atoms with Crippen LogP contribution < -0.4 is 10.1 Å². The largest absolute Gasteiger partial charge is 0.497 e. The zero-order chi connectivity index (χ0) is 18.7. The first-order valence-corrected chi connectivity index (χ1v) is 8.43. The van der Waals surface area contributed by atoms with Crippen molar-refractivity contribution >= 4 is 17.6 Å². The van der Waals surface area contributed by atoms with Crippen LogP contribution in [0.1, 0.15) is 11.3 Å². The number of carbonyl (C=O) groups excluding carboxylic acids is 2. The lowest BCUT2D eigenvalue weighted by Crippen LogP contribution is -2.52. The number of hydrogen-bond acceptors (Lipinski definition) is 4. The van der Waals surface area contributed by atoms with Crippen molar-refractivity contribution in [3.63, 3.8) is 0 Å². The average Bonchev–Trinajstić information content (AvgIpc) is 2.94. The van der Waals surface area contributed by atoms with E-state index in [4.69, 9.17) is 4.74 Å². The Morgan fingerprint density at radius 2 is 2.15 bits per heavy atom. The van der Waals surface area contributed by atoms with Crippen molar-refractivity contribution in [2.24, 2.45) is 7.05 Å². The summed E-state index contributed by atoms with van der Waals surface area (Å²) in [5.74, 6) is 0.692. The van der Waals surface area contributed by atoms with Gasteiger partial charge < -0.3 is 19.9 Å². The van der Waals surface area contributed by atoms with Gasteiger partial charge in [-0.25, -0.2) is 4.79 Å². The van der Waals surface area contributed by atoms with E-state index >= 15 is 0 Å². The Hall–Kier alpha value is -3.03. The lowest BCUT2D eigenvalue weighted by atomic mass is 10.2. The molecule has 1 aromatic carbocycles. The predicted octanol–water partition coefficient (Wildman–Crippen LogP) is 1.61. The molecule has 26 heavy (non-hydrogen) atoms. The van der Waals surface area contributed by atoms with Crippen molar-refractivity contribution < 1.29 is 14.3 Å². The third-order valence-corrected chi connectivity index (χ3v) is 4.37. The summed E-state index contributed by atoms with van der Waals surface area (Å²) in [4.78, 5) is 28.1. The summed E-state index contributed by atoms with van der Waals surface area (Å²) in [7, 11) is 3.41. The summed E-state index contributed by atoms with van der Waals surface area (Å²) in [6.45, 7) is 3.38. The summed E-state index contributed by atoms with van der Waals surface area (Å²) in [6.07, 6.45) is 1.74. The van der Waals surface area contributed by atoms with Gasteiger partial charge in [0.25, 0.3) is 0 Å². The molecule has 1 fully saturated rings. The fourth-order valence-corrected chi connectivity index (χ4v) is 2.96. The minimum absolute atomic E-state index is 0.0646. The number of amides is 3. The van der Waals surface area contributed by atoms with Gasteiger partial charge in [0.2, 0.25) is 5.91 Å². The van der Waals surface area contributed by atoms with Crippen molar-refractivity contribution in [3.05, 3.63) is 41.7 Å². The van der Waals surface area contributed by atoms with E-state index in [2.05, 4.69) is 10.4 Å².